The van der Waals surface area contributed by atoms with E-state index in [1.165, 1.54) is 0 Å². The first-order chi connectivity index (χ1) is 3.71. The van der Waals surface area contributed by atoms with Crippen LogP contribution >= 0.6 is 0 Å². The fourth-order valence-electron chi connectivity index (χ4n) is 0.106. The molecule has 5 nitrogen and oxygen atoms in total. The van der Waals surface area contributed by atoms with Gasteiger partial charge in [0, 0.05) is 0 Å². The summed E-state index contributed by atoms with van der Waals surface area (Å²) in [7, 11) is -11.2. The molecule has 0 N–H and O–H groups in total. The summed E-state index contributed by atoms with van der Waals surface area (Å²) in [5.41, 5.74) is 0. The molecule has 0 aliphatic heterocycles. The van der Waals surface area contributed by atoms with E-state index in [1.807, 2.05) is 0 Å². The minimum Gasteiger partial charge on any atom is -0.174 e. The van der Waals surface area contributed by atoms with Crippen molar-refractivity contribution < 1.29 is 54.2 Å². The van der Waals surface area contributed by atoms with Crippen LogP contribution in [0.25, 0.3) is 0 Å². The van der Waals surface area contributed by atoms with Gasteiger partial charge in [0.2, 0.25) is 0 Å². The summed E-state index contributed by atoms with van der Waals surface area (Å²) in [6.45, 7) is 0. The largest absolute Gasteiger partial charge is 1.00 e. The first-order valence-electron chi connectivity index (χ1n) is 1.34. The third-order valence-corrected chi connectivity index (χ3v) is 1.60. The maximum absolute atomic E-state index is 11.1. The molecule has 0 aromatic rings. The predicted molar refractivity (Wildman–Crippen MR) is 22.2 cm³/mol. The van der Waals surface area contributed by atoms with E-state index in [1.54, 1.807) is 0 Å². The van der Waals surface area contributed by atoms with E-state index >= 15 is 0 Å². The van der Waals surface area contributed by atoms with Crippen LogP contribution in [-0.4, -0.2) is 16.8 Å². The van der Waals surface area contributed by atoms with Gasteiger partial charge in [-0.05, 0) is 0 Å². The topological polar surface area (TPSA) is 82.4 Å². The summed E-state index contributed by atoms with van der Waals surface area (Å²) < 4.78 is 60.1. The predicted octanol–water partition coefficient (Wildman–Crippen LogP) is -3.98. The van der Waals surface area contributed by atoms with Gasteiger partial charge in [-0.15, -0.1) is 0 Å². The fourth-order valence-corrected chi connectivity index (χ4v) is 0.957. The minimum absolute atomic E-state index is 0. The molecule has 0 aromatic carbocycles. The SMILES string of the molecule is O=S(=O)(F)[N]S(=O)(=O)F.[Na+]. The van der Waals surface area contributed by atoms with Gasteiger partial charge in [0.25, 0.3) is 0 Å². The third-order valence-electron chi connectivity index (χ3n) is 0.178. The van der Waals surface area contributed by atoms with Gasteiger partial charge in [-0.25, -0.2) is 0 Å². The molecule has 0 amide bonds. The Labute approximate surface area is 78.8 Å². The van der Waals surface area contributed by atoms with Crippen LogP contribution in [0.15, 0.2) is 0 Å². The fraction of sp³-hybridized carbons (Fsp3) is 0. The van der Waals surface area contributed by atoms with E-state index in [0.717, 1.165) is 4.13 Å². The molecule has 55 valence electrons. The molecule has 0 aliphatic carbocycles. The van der Waals surface area contributed by atoms with Crippen LogP contribution in [-0.2, 0) is 20.8 Å². The number of hydrogen-bond donors (Lipinski definition) is 0. The Morgan fingerprint density at radius 2 is 1.10 bits per heavy atom. The quantitative estimate of drug-likeness (QED) is 0.338. The molecule has 0 aliphatic rings. The first kappa shape index (κ1) is 13.3. The molecule has 0 atom stereocenters. The van der Waals surface area contributed by atoms with E-state index in [9.17, 15) is 24.6 Å². The summed E-state index contributed by atoms with van der Waals surface area (Å²) in [6.07, 6.45) is 0. The Morgan fingerprint density at radius 1 is 0.900 bits per heavy atom. The normalized spacial score (nSPS) is 12.2. The molecular weight excluding hydrogens is 203 g/mol. The van der Waals surface area contributed by atoms with Crippen molar-refractivity contribution >= 4 is 20.8 Å². The van der Waals surface area contributed by atoms with Gasteiger partial charge >= 0.3 is 50.4 Å². The molecule has 0 saturated carbocycles. The number of rotatable bonds is 2. The van der Waals surface area contributed by atoms with Gasteiger partial charge in [-0.2, -0.15) is 16.8 Å². The van der Waals surface area contributed by atoms with Gasteiger partial charge < -0.3 is 0 Å². The summed E-state index contributed by atoms with van der Waals surface area (Å²) >= 11 is 0. The molecule has 0 heterocycles. The van der Waals surface area contributed by atoms with Crippen molar-refractivity contribution in [1.82, 2.24) is 4.13 Å². The molecule has 1 radical (unpaired) electrons. The monoisotopic (exact) mass is 203 g/mol. The zero-order chi connectivity index (χ0) is 7.71. The van der Waals surface area contributed by atoms with E-state index in [2.05, 4.69) is 0 Å². The van der Waals surface area contributed by atoms with Gasteiger partial charge in [-0.1, -0.05) is 7.77 Å². The van der Waals surface area contributed by atoms with E-state index in [0.29, 0.717) is 0 Å². The third kappa shape index (κ3) is 11.5. The molecule has 0 rings (SSSR count). The number of halogens is 2. The van der Waals surface area contributed by atoms with E-state index in [-0.39, 0.29) is 29.6 Å². The van der Waals surface area contributed by atoms with Crippen molar-refractivity contribution in [2.45, 2.75) is 0 Å². The van der Waals surface area contributed by atoms with Gasteiger partial charge in [0.05, 0.1) is 4.13 Å². The van der Waals surface area contributed by atoms with Crippen LogP contribution in [0.3, 0.4) is 0 Å². The van der Waals surface area contributed by atoms with E-state index < -0.39 is 20.8 Å². The Kier molecular flexibility index (Phi) is 5.23. The number of hydrogen-bond acceptors (Lipinski definition) is 4. The standard InChI is InChI=1S/F2NO4S2.Na/c1-8(4,5)3-9(2,6)7;/q;+1. The molecule has 0 saturated heterocycles. The second-order valence-corrected chi connectivity index (χ2v) is 3.14. The summed E-state index contributed by atoms with van der Waals surface area (Å²) in [5.74, 6) is 0. The zero-order valence-electron chi connectivity index (χ0n) is 4.65. The zero-order valence-corrected chi connectivity index (χ0v) is 8.29. The maximum atomic E-state index is 11.1. The molecule has 0 aromatic heterocycles. The van der Waals surface area contributed by atoms with Crippen molar-refractivity contribution in [3.8, 4) is 0 Å². The first-order valence-corrected chi connectivity index (χ1v) is 4.02. The van der Waals surface area contributed by atoms with Crippen LogP contribution in [0.2, 0.25) is 0 Å². The van der Waals surface area contributed by atoms with E-state index in [4.69, 9.17) is 0 Å². The second-order valence-electron chi connectivity index (χ2n) is 0.899. The molecule has 10 heavy (non-hydrogen) atoms. The van der Waals surface area contributed by atoms with Crippen molar-refractivity contribution in [3.63, 3.8) is 0 Å². The van der Waals surface area contributed by atoms with Crippen molar-refractivity contribution in [2.24, 2.45) is 0 Å². The molecule has 0 spiro atoms. The molecular formula is F2NNaO4S2+. The van der Waals surface area contributed by atoms with Crippen LogP contribution in [0.5, 0.6) is 0 Å². The van der Waals surface area contributed by atoms with Gasteiger partial charge in [0.15, 0.2) is 0 Å². The molecule has 0 unspecified atom stereocenters. The van der Waals surface area contributed by atoms with Crippen LogP contribution in [0.1, 0.15) is 0 Å². The molecule has 0 fully saturated rings. The minimum atomic E-state index is -5.62. The Hall–Kier alpha value is 0.720. The average Bonchev–Trinajstić information content (AvgIpc) is 1.14. The smallest absolute Gasteiger partial charge is 0.174 e. The summed E-state index contributed by atoms with van der Waals surface area (Å²) in [6, 6.07) is 0. The Bertz CT molecular complexity index is 246. The van der Waals surface area contributed by atoms with Crippen LogP contribution < -0.4 is 33.7 Å². The Balaban J connectivity index is 0. The molecule has 10 heteroatoms. The summed E-state index contributed by atoms with van der Waals surface area (Å²) in [4.78, 5) is 0. The van der Waals surface area contributed by atoms with Crippen molar-refractivity contribution in [3.05, 3.63) is 0 Å². The van der Waals surface area contributed by atoms with Crippen LogP contribution in [0, 0.1) is 0 Å². The van der Waals surface area contributed by atoms with Crippen LogP contribution in [0.4, 0.5) is 7.77 Å². The van der Waals surface area contributed by atoms with Crippen molar-refractivity contribution in [2.75, 3.05) is 0 Å². The summed E-state index contributed by atoms with van der Waals surface area (Å²) in [5, 5.41) is 0. The maximum Gasteiger partial charge on any atom is 1.00 e. The number of nitrogens with zero attached hydrogens (tertiary/aromatic N) is 1. The van der Waals surface area contributed by atoms with Gasteiger partial charge in [0.1, 0.15) is 0 Å². The second kappa shape index (κ2) is 3.93. The van der Waals surface area contributed by atoms with Crippen molar-refractivity contribution in [1.29, 1.82) is 0 Å². The Morgan fingerprint density at radius 3 is 1.10 bits per heavy atom. The average molecular weight is 203 g/mol. The molecule has 0 bridgehead atoms. The van der Waals surface area contributed by atoms with Gasteiger partial charge in [-0.3, -0.25) is 0 Å².